The first-order chi connectivity index (χ1) is 12.6. The molecule has 0 bridgehead atoms. The Balaban J connectivity index is 1.94. The van der Waals surface area contributed by atoms with Gasteiger partial charge in [-0.1, -0.05) is 24.3 Å². The number of ether oxygens (including phenoxy) is 1. The summed E-state index contributed by atoms with van der Waals surface area (Å²) in [6.07, 6.45) is -4.73. The van der Waals surface area contributed by atoms with Gasteiger partial charge in [-0.15, -0.1) is 13.2 Å². The van der Waals surface area contributed by atoms with Crippen LogP contribution in [0.1, 0.15) is 31.0 Å². The van der Waals surface area contributed by atoms with Crippen LogP contribution in [-0.4, -0.2) is 18.2 Å². The maximum atomic E-state index is 12.2. The van der Waals surface area contributed by atoms with Gasteiger partial charge in [0.2, 0.25) is 11.8 Å². The topological polar surface area (TPSA) is 67.4 Å². The second-order valence-corrected chi connectivity index (χ2v) is 5.96. The van der Waals surface area contributed by atoms with Crippen LogP contribution in [-0.2, 0) is 16.0 Å². The van der Waals surface area contributed by atoms with Crippen LogP contribution in [0.3, 0.4) is 0 Å². The predicted molar refractivity (Wildman–Crippen MR) is 94.1 cm³/mol. The van der Waals surface area contributed by atoms with Crippen molar-refractivity contribution in [2.75, 3.05) is 5.32 Å². The molecule has 0 saturated heterocycles. The Kier molecular flexibility index (Phi) is 6.44. The third-order valence-electron chi connectivity index (χ3n) is 3.61. The number of hydrogen-bond donors (Lipinski definition) is 2. The largest absolute Gasteiger partial charge is 0.573 e. The fourth-order valence-electron chi connectivity index (χ4n) is 2.46. The van der Waals surface area contributed by atoms with Crippen molar-refractivity contribution in [3.8, 4) is 5.75 Å². The van der Waals surface area contributed by atoms with Gasteiger partial charge in [0.25, 0.3) is 0 Å². The zero-order valence-electron chi connectivity index (χ0n) is 14.8. The van der Waals surface area contributed by atoms with Crippen molar-refractivity contribution in [3.63, 3.8) is 0 Å². The van der Waals surface area contributed by atoms with Crippen LogP contribution in [0.25, 0.3) is 0 Å². The molecular weight excluding hydrogens is 361 g/mol. The Morgan fingerprint density at radius 3 is 2.37 bits per heavy atom. The molecule has 2 aromatic rings. The quantitative estimate of drug-likeness (QED) is 0.797. The highest BCUT2D eigenvalue weighted by Crippen LogP contribution is 2.23. The average molecular weight is 380 g/mol. The van der Waals surface area contributed by atoms with Gasteiger partial charge in [-0.3, -0.25) is 9.59 Å². The summed E-state index contributed by atoms with van der Waals surface area (Å²) >= 11 is 0. The fraction of sp³-hybridized carbons (Fsp3) is 0.263. The number of nitrogens with one attached hydrogen (secondary N) is 2. The molecule has 1 unspecified atom stereocenters. The number of anilines is 1. The van der Waals surface area contributed by atoms with E-state index in [9.17, 15) is 22.8 Å². The first-order valence-electron chi connectivity index (χ1n) is 8.14. The summed E-state index contributed by atoms with van der Waals surface area (Å²) in [7, 11) is 0. The van der Waals surface area contributed by atoms with E-state index < -0.39 is 6.36 Å². The smallest absolute Gasteiger partial charge is 0.406 e. The number of amides is 2. The molecule has 0 fully saturated rings. The van der Waals surface area contributed by atoms with Gasteiger partial charge in [-0.05, 0) is 42.3 Å². The second kappa shape index (κ2) is 8.57. The van der Waals surface area contributed by atoms with Gasteiger partial charge in [-0.25, -0.2) is 0 Å². The standard InChI is InChI=1S/C19H19F3N2O3/c1-12(15-4-3-5-16(11-15)24-13(2)25)23-18(26)10-14-6-8-17(9-7-14)27-19(20,21)22/h3-9,11-12H,10H2,1-2H3,(H,23,26)(H,24,25). The van der Waals surface area contributed by atoms with Crippen LogP contribution in [0, 0.1) is 0 Å². The first kappa shape index (κ1) is 20.3. The molecule has 0 aliphatic carbocycles. The van der Waals surface area contributed by atoms with Crippen molar-refractivity contribution in [3.05, 3.63) is 59.7 Å². The van der Waals surface area contributed by atoms with Crippen molar-refractivity contribution in [1.29, 1.82) is 0 Å². The highest BCUT2D eigenvalue weighted by atomic mass is 19.4. The summed E-state index contributed by atoms with van der Waals surface area (Å²) < 4.78 is 40.2. The lowest BCUT2D eigenvalue weighted by molar-refractivity contribution is -0.274. The SMILES string of the molecule is CC(=O)Nc1cccc(C(C)NC(=O)Cc2ccc(OC(F)(F)F)cc2)c1. The molecule has 0 radical (unpaired) electrons. The molecule has 2 N–H and O–H groups in total. The van der Waals surface area contributed by atoms with Crippen molar-refractivity contribution >= 4 is 17.5 Å². The predicted octanol–water partition coefficient (Wildman–Crippen LogP) is 3.96. The molecule has 0 aromatic heterocycles. The molecule has 0 aliphatic rings. The van der Waals surface area contributed by atoms with Gasteiger partial charge in [0.1, 0.15) is 5.75 Å². The summed E-state index contributed by atoms with van der Waals surface area (Å²) in [5.41, 5.74) is 1.99. The van der Waals surface area contributed by atoms with Crippen molar-refractivity contribution in [1.82, 2.24) is 5.32 Å². The Labute approximate surface area is 154 Å². The summed E-state index contributed by atoms with van der Waals surface area (Å²) in [5, 5.41) is 5.49. The lowest BCUT2D eigenvalue weighted by atomic mass is 10.1. The van der Waals surface area contributed by atoms with E-state index in [0.29, 0.717) is 11.3 Å². The van der Waals surface area contributed by atoms with Gasteiger partial charge in [0.05, 0.1) is 12.5 Å². The van der Waals surface area contributed by atoms with Gasteiger partial charge >= 0.3 is 6.36 Å². The monoisotopic (exact) mass is 380 g/mol. The van der Waals surface area contributed by atoms with Crippen molar-refractivity contribution in [2.45, 2.75) is 32.7 Å². The Hall–Kier alpha value is -3.03. The number of benzene rings is 2. The molecule has 0 spiro atoms. The molecule has 2 aromatic carbocycles. The number of carbonyl (C=O) groups excluding carboxylic acids is 2. The first-order valence-corrected chi connectivity index (χ1v) is 8.14. The molecule has 0 aliphatic heterocycles. The van der Waals surface area contributed by atoms with Crippen molar-refractivity contribution in [2.24, 2.45) is 0 Å². The summed E-state index contributed by atoms with van der Waals surface area (Å²) in [6.45, 7) is 3.20. The lowest BCUT2D eigenvalue weighted by Gasteiger charge is -2.16. The van der Waals surface area contributed by atoms with Crippen LogP contribution >= 0.6 is 0 Å². The zero-order valence-corrected chi connectivity index (χ0v) is 14.8. The summed E-state index contributed by atoms with van der Waals surface area (Å²) in [4.78, 5) is 23.3. The van der Waals surface area contributed by atoms with Gasteiger partial charge in [-0.2, -0.15) is 0 Å². The molecular formula is C19H19F3N2O3. The minimum absolute atomic E-state index is 0.0159. The minimum Gasteiger partial charge on any atom is -0.406 e. The van der Waals surface area contributed by atoms with E-state index in [0.717, 1.165) is 17.7 Å². The number of carbonyl (C=O) groups is 2. The van der Waals surface area contributed by atoms with E-state index in [4.69, 9.17) is 0 Å². The summed E-state index contributed by atoms with van der Waals surface area (Å²) in [5.74, 6) is -0.812. The van der Waals surface area contributed by atoms with E-state index in [2.05, 4.69) is 15.4 Å². The van der Waals surface area contributed by atoms with E-state index in [1.54, 1.807) is 25.1 Å². The minimum atomic E-state index is -4.75. The molecule has 8 heteroatoms. The van der Waals surface area contributed by atoms with E-state index in [1.807, 2.05) is 6.07 Å². The molecule has 5 nitrogen and oxygen atoms in total. The van der Waals surface area contributed by atoms with E-state index in [1.165, 1.54) is 19.1 Å². The van der Waals surface area contributed by atoms with Gasteiger partial charge < -0.3 is 15.4 Å². The molecule has 2 rings (SSSR count). The lowest BCUT2D eigenvalue weighted by Crippen LogP contribution is -2.28. The third kappa shape index (κ3) is 7.01. The third-order valence-corrected chi connectivity index (χ3v) is 3.61. The van der Waals surface area contributed by atoms with Crippen molar-refractivity contribution < 1.29 is 27.5 Å². The Morgan fingerprint density at radius 2 is 1.78 bits per heavy atom. The van der Waals surface area contributed by atoms with E-state index >= 15 is 0 Å². The molecule has 0 saturated carbocycles. The van der Waals surface area contributed by atoms with Gasteiger partial charge in [0, 0.05) is 12.6 Å². The molecule has 0 heterocycles. The van der Waals surface area contributed by atoms with Gasteiger partial charge in [0.15, 0.2) is 0 Å². The molecule has 2 amide bonds. The second-order valence-electron chi connectivity index (χ2n) is 5.96. The van der Waals surface area contributed by atoms with E-state index in [-0.39, 0.29) is 30.0 Å². The average Bonchev–Trinajstić information content (AvgIpc) is 2.55. The number of hydrogen-bond acceptors (Lipinski definition) is 3. The highest BCUT2D eigenvalue weighted by Gasteiger charge is 2.30. The number of alkyl halides is 3. The normalized spacial score (nSPS) is 12.2. The highest BCUT2D eigenvalue weighted by molar-refractivity contribution is 5.88. The van der Waals surface area contributed by atoms with Crippen LogP contribution in [0.5, 0.6) is 5.75 Å². The Bertz CT molecular complexity index is 805. The summed E-state index contributed by atoms with van der Waals surface area (Å²) in [6, 6.07) is 11.9. The maximum absolute atomic E-state index is 12.2. The fourth-order valence-corrected chi connectivity index (χ4v) is 2.46. The van der Waals surface area contributed by atoms with Crippen LogP contribution in [0.15, 0.2) is 48.5 Å². The number of halogens is 3. The van der Waals surface area contributed by atoms with Crippen LogP contribution in [0.4, 0.5) is 18.9 Å². The maximum Gasteiger partial charge on any atom is 0.573 e. The molecule has 27 heavy (non-hydrogen) atoms. The van der Waals surface area contributed by atoms with Crippen LogP contribution < -0.4 is 15.4 Å². The Morgan fingerprint density at radius 1 is 1.11 bits per heavy atom. The molecule has 1 atom stereocenters. The zero-order chi connectivity index (χ0) is 20.0. The molecule has 144 valence electrons. The number of rotatable bonds is 6. The van der Waals surface area contributed by atoms with Crippen LogP contribution in [0.2, 0.25) is 0 Å².